The second kappa shape index (κ2) is 9.14. The van der Waals surface area contributed by atoms with Crippen molar-refractivity contribution < 1.29 is 13.9 Å². The first-order valence-corrected chi connectivity index (χ1v) is 11.9. The van der Waals surface area contributed by atoms with Crippen LogP contribution in [0.5, 0.6) is 0 Å². The summed E-state index contributed by atoms with van der Waals surface area (Å²) >= 11 is 5.97. The van der Waals surface area contributed by atoms with E-state index < -0.39 is 0 Å². The number of benzene rings is 1. The van der Waals surface area contributed by atoms with Gasteiger partial charge in [0.05, 0.1) is 18.9 Å². The Bertz CT molecular complexity index is 941. The zero-order valence-corrected chi connectivity index (χ0v) is 19.4. The number of carbonyl (C=O) groups excluding carboxylic acids is 1. The number of morpholine rings is 1. The molecule has 1 amide bonds. The monoisotopic (exact) mass is 458 g/mol. The zero-order chi connectivity index (χ0) is 22.1. The summed E-state index contributed by atoms with van der Waals surface area (Å²) in [7, 11) is 0. The maximum Gasteiger partial charge on any atom is 0.226 e. The molecule has 3 aliphatic rings. The highest BCUT2D eigenvalue weighted by molar-refractivity contribution is 6.30. The van der Waals surface area contributed by atoms with Crippen LogP contribution in [-0.4, -0.2) is 73.2 Å². The molecule has 3 heterocycles. The topological polar surface area (TPSA) is 70.8 Å². The third-order valence-corrected chi connectivity index (χ3v) is 7.29. The van der Waals surface area contributed by atoms with E-state index in [1.54, 1.807) is 0 Å². The van der Waals surface area contributed by atoms with E-state index >= 15 is 0 Å². The van der Waals surface area contributed by atoms with Gasteiger partial charge in [-0.3, -0.25) is 14.6 Å². The van der Waals surface area contributed by atoms with Gasteiger partial charge in [-0.15, -0.1) is 0 Å². The predicted octanol–water partition coefficient (Wildman–Crippen LogP) is 2.96. The Kier molecular flexibility index (Phi) is 6.25. The largest absolute Gasteiger partial charge is 0.441 e. The lowest BCUT2D eigenvalue weighted by Gasteiger charge is -2.58. The van der Waals surface area contributed by atoms with Crippen molar-refractivity contribution in [1.29, 1.82) is 0 Å². The molecule has 1 spiro atoms. The molecule has 2 aliphatic heterocycles. The SMILES string of the molecule is Cc1oc(-c2ccc(Cl)cc2)nc1CN1CC2(CC(C(=O)NCCN3CCOCC3)C2)C1. The molecule has 0 unspecified atom stereocenters. The van der Waals surface area contributed by atoms with Crippen molar-refractivity contribution in [1.82, 2.24) is 20.1 Å². The van der Waals surface area contributed by atoms with E-state index in [-0.39, 0.29) is 11.8 Å². The molecule has 1 N–H and O–H groups in total. The highest BCUT2D eigenvalue weighted by Gasteiger charge is 2.54. The van der Waals surface area contributed by atoms with Crippen molar-refractivity contribution in [2.45, 2.75) is 26.3 Å². The van der Waals surface area contributed by atoms with Crippen molar-refractivity contribution in [3.63, 3.8) is 0 Å². The van der Waals surface area contributed by atoms with Crippen molar-refractivity contribution in [2.24, 2.45) is 11.3 Å². The summed E-state index contributed by atoms with van der Waals surface area (Å²) in [5, 5.41) is 3.83. The van der Waals surface area contributed by atoms with Gasteiger partial charge in [0, 0.05) is 62.3 Å². The van der Waals surface area contributed by atoms with Gasteiger partial charge in [0.1, 0.15) is 5.76 Å². The number of nitrogens with zero attached hydrogens (tertiary/aromatic N) is 3. The van der Waals surface area contributed by atoms with E-state index in [9.17, 15) is 4.79 Å². The molecule has 0 radical (unpaired) electrons. The first kappa shape index (κ1) is 21.9. The van der Waals surface area contributed by atoms with E-state index in [4.69, 9.17) is 25.7 Å². The van der Waals surface area contributed by atoms with Crippen LogP contribution < -0.4 is 5.32 Å². The van der Waals surface area contributed by atoms with Crippen molar-refractivity contribution >= 4 is 17.5 Å². The molecule has 7 nitrogen and oxygen atoms in total. The number of aryl methyl sites for hydroxylation is 1. The standard InChI is InChI=1S/C24H31ClN4O3/c1-17-21(27-23(32-17)18-2-4-20(25)5-3-18)14-29-15-24(16-29)12-19(13-24)22(30)26-6-7-28-8-10-31-11-9-28/h2-5,19H,6-16H2,1H3,(H,26,30). The summed E-state index contributed by atoms with van der Waals surface area (Å²) in [5.41, 5.74) is 2.25. The minimum atomic E-state index is 0.173. The van der Waals surface area contributed by atoms with Crippen molar-refractivity contribution in [2.75, 3.05) is 52.5 Å². The number of likely N-dealkylation sites (tertiary alicyclic amines) is 1. The molecule has 5 rings (SSSR count). The number of oxazole rings is 1. The van der Waals surface area contributed by atoms with Crippen LogP contribution in [0, 0.1) is 18.3 Å². The Labute approximate surface area is 194 Å². The summed E-state index contributed by atoms with van der Waals surface area (Å²) < 4.78 is 11.3. The number of nitrogens with one attached hydrogen (secondary N) is 1. The molecular formula is C24H31ClN4O3. The number of carbonyl (C=O) groups is 1. The van der Waals surface area contributed by atoms with Crippen LogP contribution in [-0.2, 0) is 16.1 Å². The molecule has 172 valence electrons. The van der Waals surface area contributed by atoms with E-state index in [0.29, 0.717) is 16.3 Å². The van der Waals surface area contributed by atoms with Crippen LogP contribution in [0.2, 0.25) is 5.02 Å². The molecule has 2 saturated heterocycles. The summed E-state index contributed by atoms with van der Waals surface area (Å²) in [4.78, 5) is 21.9. The van der Waals surface area contributed by atoms with E-state index in [2.05, 4.69) is 15.1 Å². The molecule has 8 heteroatoms. The van der Waals surface area contributed by atoms with Gasteiger partial charge in [0.2, 0.25) is 11.8 Å². The Morgan fingerprint density at radius 3 is 2.62 bits per heavy atom. The lowest BCUT2D eigenvalue weighted by molar-refractivity contribution is -0.145. The maximum absolute atomic E-state index is 12.5. The number of halogens is 1. The fourth-order valence-electron chi connectivity index (χ4n) is 5.25. The Hall–Kier alpha value is -1.93. The van der Waals surface area contributed by atoms with Gasteiger partial charge in [0.15, 0.2) is 0 Å². The van der Waals surface area contributed by atoms with Crippen LogP contribution in [0.4, 0.5) is 0 Å². The predicted molar refractivity (Wildman–Crippen MR) is 122 cm³/mol. The summed E-state index contributed by atoms with van der Waals surface area (Å²) in [6, 6.07) is 7.55. The van der Waals surface area contributed by atoms with E-state index in [1.165, 1.54) is 0 Å². The van der Waals surface area contributed by atoms with Crippen molar-refractivity contribution in [3.05, 3.63) is 40.7 Å². The van der Waals surface area contributed by atoms with Crippen molar-refractivity contribution in [3.8, 4) is 11.5 Å². The molecule has 1 aromatic carbocycles. The fourth-order valence-corrected chi connectivity index (χ4v) is 5.38. The average Bonchev–Trinajstić information content (AvgIpc) is 3.10. The normalized spacial score (nSPS) is 21.3. The maximum atomic E-state index is 12.5. The zero-order valence-electron chi connectivity index (χ0n) is 18.6. The van der Waals surface area contributed by atoms with Crippen LogP contribution in [0.3, 0.4) is 0 Å². The lowest BCUT2D eigenvalue weighted by Crippen LogP contribution is -2.63. The van der Waals surface area contributed by atoms with Crippen LogP contribution >= 0.6 is 11.6 Å². The number of amides is 1. The van der Waals surface area contributed by atoms with E-state index in [0.717, 1.165) is 88.9 Å². The summed E-state index contributed by atoms with van der Waals surface area (Å²) in [5.74, 6) is 1.90. The third kappa shape index (κ3) is 4.71. The lowest BCUT2D eigenvalue weighted by atomic mass is 9.57. The van der Waals surface area contributed by atoms with Gasteiger partial charge in [-0.1, -0.05) is 11.6 Å². The number of ether oxygens (including phenoxy) is 1. The Balaban J connectivity index is 1.04. The number of rotatable bonds is 7. The van der Waals surface area contributed by atoms with Gasteiger partial charge in [-0.05, 0) is 49.4 Å². The molecule has 1 saturated carbocycles. The minimum Gasteiger partial charge on any atom is -0.441 e. The first-order chi connectivity index (χ1) is 15.5. The third-order valence-electron chi connectivity index (χ3n) is 7.04. The van der Waals surface area contributed by atoms with Gasteiger partial charge in [-0.2, -0.15) is 0 Å². The molecule has 32 heavy (non-hydrogen) atoms. The van der Waals surface area contributed by atoms with Crippen LogP contribution in [0.25, 0.3) is 11.5 Å². The molecule has 2 aromatic rings. The smallest absolute Gasteiger partial charge is 0.226 e. The number of hydrogen-bond acceptors (Lipinski definition) is 6. The summed E-state index contributed by atoms with van der Waals surface area (Å²) in [6.07, 6.45) is 2.00. The Morgan fingerprint density at radius 2 is 1.91 bits per heavy atom. The van der Waals surface area contributed by atoms with Gasteiger partial charge in [0.25, 0.3) is 0 Å². The van der Waals surface area contributed by atoms with Gasteiger partial charge < -0.3 is 14.5 Å². The molecule has 0 bridgehead atoms. The minimum absolute atomic E-state index is 0.173. The van der Waals surface area contributed by atoms with Gasteiger partial charge >= 0.3 is 0 Å². The average molecular weight is 459 g/mol. The summed E-state index contributed by atoms with van der Waals surface area (Å²) in [6.45, 7) is 10.00. The van der Waals surface area contributed by atoms with Crippen LogP contribution in [0.15, 0.2) is 28.7 Å². The number of hydrogen-bond donors (Lipinski definition) is 1. The van der Waals surface area contributed by atoms with Crippen LogP contribution in [0.1, 0.15) is 24.3 Å². The molecular weight excluding hydrogens is 428 g/mol. The Morgan fingerprint density at radius 1 is 1.19 bits per heavy atom. The molecule has 1 aromatic heterocycles. The van der Waals surface area contributed by atoms with E-state index in [1.807, 2.05) is 31.2 Å². The second-order valence-electron chi connectivity index (χ2n) is 9.52. The second-order valence-corrected chi connectivity index (χ2v) is 9.96. The fraction of sp³-hybridized carbons (Fsp3) is 0.583. The molecule has 0 atom stereocenters. The molecule has 3 fully saturated rings. The highest BCUT2D eigenvalue weighted by atomic mass is 35.5. The highest BCUT2D eigenvalue weighted by Crippen LogP contribution is 2.52. The molecule has 1 aliphatic carbocycles. The number of aromatic nitrogens is 1. The quantitative estimate of drug-likeness (QED) is 0.687. The van der Waals surface area contributed by atoms with Gasteiger partial charge in [-0.25, -0.2) is 4.98 Å². The first-order valence-electron chi connectivity index (χ1n) is 11.5.